The molecule has 0 heterocycles. The van der Waals surface area contributed by atoms with Crippen LogP contribution in [0.25, 0.3) is 0 Å². The monoisotopic (exact) mass is 252 g/mol. The molecule has 0 radical (unpaired) electrons. The molecule has 0 aliphatic heterocycles. The van der Waals surface area contributed by atoms with Gasteiger partial charge in [0.1, 0.15) is 0 Å². The Balaban J connectivity index is 4.47. The smallest absolute Gasteiger partial charge is 0.425 e. The normalized spacial score (nSPS) is 14.4. The molecule has 1 unspecified atom stereocenters. The van der Waals surface area contributed by atoms with Crippen LogP contribution in [0, 0.1) is 0 Å². The first-order valence-corrected chi connectivity index (χ1v) is 3.62. The Morgan fingerprint density at radius 3 is 2.06 bits per heavy atom. The Hall–Kier alpha value is -1.41. The van der Waals surface area contributed by atoms with E-state index in [0.29, 0.717) is 0 Å². The molecule has 94 valence electrons. The number of hydrogen-bond acceptors (Lipinski definition) is 2. The molecule has 3 nitrogen and oxygen atoms in total. The van der Waals surface area contributed by atoms with Crippen molar-refractivity contribution in [1.29, 1.82) is 0 Å². The van der Waals surface area contributed by atoms with Crippen LogP contribution in [0.15, 0.2) is 12.3 Å². The lowest BCUT2D eigenvalue weighted by molar-refractivity contribution is -0.252. The highest BCUT2D eigenvalue weighted by atomic mass is 19.4. The maximum Gasteiger partial charge on any atom is 0.425 e. The van der Waals surface area contributed by atoms with E-state index in [1.807, 2.05) is 0 Å². The molecule has 0 aliphatic carbocycles. The van der Waals surface area contributed by atoms with E-state index < -0.39 is 36.6 Å². The van der Waals surface area contributed by atoms with Gasteiger partial charge in [0.05, 0.1) is 0 Å². The van der Waals surface area contributed by atoms with Gasteiger partial charge in [-0.05, 0) is 6.58 Å². The van der Waals surface area contributed by atoms with E-state index >= 15 is 0 Å². The first-order valence-electron chi connectivity index (χ1n) is 3.62. The molecule has 0 amide bonds. The molecule has 1 N–H and O–H groups in total. The van der Waals surface area contributed by atoms with Gasteiger partial charge in [0.25, 0.3) is 6.17 Å². The summed E-state index contributed by atoms with van der Waals surface area (Å²) in [5.74, 6) is -7.91. The van der Waals surface area contributed by atoms with Gasteiger partial charge in [0.2, 0.25) is 0 Å². The number of carbonyl (C=O) groups is 1. The van der Waals surface area contributed by atoms with E-state index in [0.717, 1.165) is 0 Å². The second-order valence-electron chi connectivity index (χ2n) is 2.68. The van der Waals surface area contributed by atoms with Crippen molar-refractivity contribution in [3.8, 4) is 0 Å². The first-order chi connectivity index (χ1) is 6.98. The second kappa shape index (κ2) is 4.62. The third kappa shape index (κ3) is 3.99. The summed E-state index contributed by atoms with van der Waals surface area (Å²) in [7, 11) is 0. The first kappa shape index (κ1) is 14.6. The van der Waals surface area contributed by atoms with Crippen LogP contribution in [0.5, 0.6) is 0 Å². The van der Waals surface area contributed by atoms with Gasteiger partial charge in [-0.1, -0.05) is 0 Å². The standard InChI is InChI=1S/C7H6F6O3/c1-3(4(14)15)16-2-6(9,10)5(8)7(11,12)13/h5H,1-2H2,(H,14,15). The van der Waals surface area contributed by atoms with Crippen molar-refractivity contribution < 1.29 is 41.0 Å². The van der Waals surface area contributed by atoms with Gasteiger partial charge in [-0.3, -0.25) is 0 Å². The predicted molar refractivity (Wildman–Crippen MR) is 38.6 cm³/mol. The highest BCUT2D eigenvalue weighted by Crippen LogP contribution is 2.35. The lowest BCUT2D eigenvalue weighted by Crippen LogP contribution is -2.44. The van der Waals surface area contributed by atoms with Crippen LogP contribution in [0.4, 0.5) is 26.3 Å². The molecule has 0 aromatic rings. The van der Waals surface area contributed by atoms with Gasteiger partial charge in [-0.2, -0.15) is 22.0 Å². The van der Waals surface area contributed by atoms with E-state index in [4.69, 9.17) is 5.11 Å². The molecule has 0 saturated carbocycles. The Bertz CT molecular complexity index is 284. The van der Waals surface area contributed by atoms with E-state index in [1.165, 1.54) is 0 Å². The Morgan fingerprint density at radius 1 is 1.31 bits per heavy atom. The molecule has 9 heteroatoms. The fourth-order valence-corrected chi connectivity index (χ4v) is 0.558. The van der Waals surface area contributed by atoms with E-state index in [2.05, 4.69) is 11.3 Å². The molecule has 0 saturated heterocycles. The van der Waals surface area contributed by atoms with Crippen LogP contribution in [-0.4, -0.2) is 36.0 Å². The summed E-state index contributed by atoms with van der Waals surface area (Å²) >= 11 is 0. The SMILES string of the molecule is C=C(OCC(F)(F)C(F)C(F)(F)F)C(=O)O. The number of ether oxygens (including phenoxy) is 1. The van der Waals surface area contributed by atoms with Crippen molar-refractivity contribution in [2.24, 2.45) is 0 Å². The number of halogens is 6. The molecule has 0 bridgehead atoms. The average molecular weight is 252 g/mol. The zero-order chi connectivity index (χ0) is 13.1. The van der Waals surface area contributed by atoms with Gasteiger partial charge in [-0.15, -0.1) is 0 Å². The molecule has 0 aromatic heterocycles. The summed E-state index contributed by atoms with van der Waals surface area (Å²) in [5.41, 5.74) is 0. The van der Waals surface area contributed by atoms with Crippen LogP contribution in [0.3, 0.4) is 0 Å². The van der Waals surface area contributed by atoms with Crippen molar-refractivity contribution in [1.82, 2.24) is 0 Å². The maximum atomic E-state index is 12.5. The summed E-state index contributed by atoms with van der Waals surface area (Å²) in [6.07, 6.45) is -10.2. The molecule has 0 fully saturated rings. The minimum absolute atomic E-state index is 1.20. The zero-order valence-electron chi connectivity index (χ0n) is 7.52. The topological polar surface area (TPSA) is 46.5 Å². The second-order valence-corrected chi connectivity index (χ2v) is 2.68. The van der Waals surface area contributed by atoms with E-state index in [9.17, 15) is 31.1 Å². The van der Waals surface area contributed by atoms with Gasteiger partial charge in [0, 0.05) is 0 Å². The zero-order valence-corrected chi connectivity index (χ0v) is 7.52. The summed E-state index contributed by atoms with van der Waals surface area (Å²) in [5, 5.41) is 8.09. The summed E-state index contributed by atoms with van der Waals surface area (Å²) in [6, 6.07) is 0. The molecular weight excluding hydrogens is 246 g/mol. The minimum Gasteiger partial charge on any atom is -0.480 e. The largest absolute Gasteiger partial charge is 0.480 e. The molecule has 1 atom stereocenters. The number of hydrogen-bond donors (Lipinski definition) is 1. The molecular formula is C7H6F6O3. The van der Waals surface area contributed by atoms with E-state index in [1.54, 1.807) is 0 Å². The predicted octanol–water partition coefficient (Wildman–Crippen LogP) is 2.14. The van der Waals surface area contributed by atoms with Gasteiger partial charge in [0.15, 0.2) is 12.4 Å². The van der Waals surface area contributed by atoms with Gasteiger partial charge >= 0.3 is 18.1 Å². The fraction of sp³-hybridized carbons (Fsp3) is 0.571. The third-order valence-corrected chi connectivity index (χ3v) is 1.34. The number of aliphatic carboxylic acids is 1. The highest BCUT2D eigenvalue weighted by Gasteiger charge is 2.57. The quantitative estimate of drug-likeness (QED) is 0.463. The van der Waals surface area contributed by atoms with Crippen LogP contribution in [-0.2, 0) is 9.53 Å². The molecule has 16 heavy (non-hydrogen) atoms. The van der Waals surface area contributed by atoms with E-state index in [-0.39, 0.29) is 0 Å². The van der Waals surface area contributed by atoms with Crippen LogP contribution < -0.4 is 0 Å². The molecule has 0 spiro atoms. The lowest BCUT2D eigenvalue weighted by atomic mass is 10.2. The summed E-state index contributed by atoms with van der Waals surface area (Å²) in [4.78, 5) is 10.00. The Morgan fingerprint density at radius 2 is 1.75 bits per heavy atom. The van der Waals surface area contributed by atoms with Gasteiger partial charge in [-0.25, -0.2) is 9.18 Å². The van der Waals surface area contributed by atoms with Crippen molar-refractivity contribution >= 4 is 5.97 Å². The molecule has 0 aliphatic rings. The van der Waals surface area contributed by atoms with Crippen molar-refractivity contribution in [3.63, 3.8) is 0 Å². The van der Waals surface area contributed by atoms with Crippen molar-refractivity contribution in [3.05, 3.63) is 12.3 Å². The van der Waals surface area contributed by atoms with Gasteiger partial charge < -0.3 is 9.84 Å². The Kier molecular flexibility index (Phi) is 4.21. The highest BCUT2D eigenvalue weighted by molar-refractivity contribution is 5.83. The van der Waals surface area contributed by atoms with Crippen LogP contribution in [0.1, 0.15) is 0 Å². The summed E-state index contributed by atoms with van der Waals surface area (Å²) in [6.45, 7) is 0.563. The number of carboxylic acids is 1. The van der Waals surface area contributed by atoms with Crippen molar-refractivity contribution in [2.45, 2.75) is 18.3 Å². The average Bonchev–Trinajstić information content (AvgIpc) is 2.11. The number of alkyl halides is 6. The number of rotatable bonds is 5. The minimum atomic E-state index is -5.75. The fourth-order valence-electron chi connectivity index (χ4n) is 0.558. The molecule has 0 aromatic carbocycles. The lowest BCUT2D eigenvalue weighted by Gasteiger charge is -2.22. The summed E-state index contributed by atoms with van der Waals surface area (Å²) < 4.78 is 75.6. The third-order valence-electron chi connectivity index (χ3n) is 1.34. The number of carboxylic acid groups (broad SMARTS) is 1. The Labute approximate surface area is 85.3 Å². The van der Waals surface area contributed by atoms with Crippen LogP contribution >= 0.6 is 0 Å². The van der Waals surface area contributed by atoms with Crippen molar-refractivity contribution in [2.75, 3.05) is 6.61 Å². The molecule has 0 rings (SSSR count). The maximum absolute atomic E-state index is 12.5. The van der Waals surface area contributed by atoms with Crippen LogP contribution in [0.2, 0.25) is 0 Å².